The summed E-state index contributed by atoms with van der Waals surface area (Å²) in [6.07, 6.45) is 4.65. The molecule has 3 rings (SSSR count). The molecular weight excluding hydrogens is 382 g/mol. The maximum absolute atomic E-state index is 12.3. The Morgan fingerprint density at radius 3 is 2.78 bits per heavy atom. The normalized spacial score (nSPS) is 19.7. The minimum Gasteiger partial charge on any atom is -0.370 e. The van der Waals surface area contributed by atoms with Crippen molar-refractivity contribution in [2.24, 2.45) is 11.7 Å². The first-order chi connectivity index (χ1) is 13.0. The molecule has 0 unspecified atom stereocenters. The second kappa shape index (κ2) is 9.36. The van der Waals surface area contributed by atoms with Crippen LogP contribution in [0.4, 0.5) is 0 Å². The largest absolute Gasteiger partial charge is 0.370 e. The zero-order chi connectivity index (χ0) is 19.2. The van der Waals surface area contributed by atoms with Crippen LogP contribution in [0.5, 0.6) is 0 Å². The van der Waals surface area contributed by atoms with E-state index in [-0.39, 0.29) is 30.0 Å². The fourth-order valence-corrected chi connectivity index (χ4v) is 4.70. The number of carbonyl (C=O) groups excluding carboxylic acids is 2. The first-order valence-electron chi connectivity index (χ1n) is 9.20. The second-order valence-electron chi connectivity index (χ2n) is 6.96. The summed E-state index contributed by atoms with van der Waals surface area (Å²) in [6, 6.07) is 4.18. The van der Waals surface area contributed by atoms with Crippen molar-refractivity contribution in [3.63, 3.8) is 0 Å². The lowest BCUT2D eigenvalue weighted by Gasteiger charge is -2.26. The fraction of sp³-hybridized carbons (Fsp3) is 0.556. The van der Waals surface area contributed by atoms with Crippen LogP contribution in [0.15, 0.2) is 22.7 Å². The molecule has 2 aromatic rings. The number of aromatic nitrogens is 3. The van der Waals surface area contributed by atoms with Gasteiger partial charge in [0.25, 0.3) is 0 Å². The quantitative estimate of drug-likeness (QED) is 0.655. The summed E-state index contributed by atoms with van der Waals surface area (Å²) >= 11 is 2.90. The molecule has 2 heterocycles. The fourth-order valence-electron chi connectivity index (χ4n) is 3.21. The monoisotopic (exact) mass is 407 g/mol. The lowest BCUT2D eigenvalue weighted by atomic mass is 9.87. The standard InChI is InChI=1S/C18H25N5O2S2/c1-12-4-6-13(7-5-12)20-16(25)11-27-18-22-21-17(14-3-2-10-26-14)23(18)9-8-15(19)24/h2-3,10,12-13H,4-9,11H2,1H3,(H2,19,24)(H,20,25). The van der Waals surface area contributed by atoms with Gasteiger partial charge in [0.2, 0.25) is 11.8 Å². The number of thioether (sulfide) groups is 1. The second-order valence-corrected chi connectivity index (χ2v) is 8.85. The minimum atomic E-state index is -0.374. The Kier molecular flexibility index (Phi) is 6.89. The number of hydrogen-bond donors (Lipinski definition) is 2. The van der Waals surface area contributed by atoms with Crippen LogP contribution in [-0.4, -0.2) is 38.4 Å². The maximum atomic E-state index is 12.3. The Morgan fingerprint density at radius 1 is 1.33 bits per heavy atom. The average molecular weight is 408 g/mol. The van der Waals surface area contributed by atoms with Gasteiger partial charge in [0.15, 0.2) is 11.0 Å². The summed E-state index contributed by atoms with van der Waals surface area (Å²) in [5.74, 6) is 1.38. The van der Waals surface area contributed by atoms with Gasteiger partial charge in [-0.15, -0.1) is 21.5 Å². The van der Waals surface area contributed by atoms with Gasteiger partial charge in [0, 0.05) is 19.0 Å². The van der Waals surface area contributed by atoms with Gasteiger partial charge in [-0.25, -0.2) is 0 Å². The summed E-state index contributed by atoms with van der Waals surface area (Å²) in [5, 5.41) is 14.2. The molecule has 0 saturated heterocycles. The van der Waals surface area contributed by atoms with Crippen molar-refractivity contribution in [2.75, 3.05) is 5.75 Å². The molecular formula is C18H25N5O2S2. The van der Waals surface area contributed by atoms with Gasteiger partial charge < -0.3 is 15.6 Å². The van der Waals surface area contributed by atoms with Crippen molar-refractivity contribution in [2.45, 2.75) is 56.8 Å². The molecule has 0 aromatic carbocycles. The SMILES string of the molecule is CC1CCC(NC(=O)CSc2nnc(-c3cccs3)n2CCC(N)=O)CC1. The van der Waals surface area contributed by atoms with E-state index in [9.17, 15) is 9.59 Å². The molecule has 1 aliphatic rings. The number of carbonyl (C=O) groups is 2. The maximum Gasteiger partial charge on any atom is 0.230 e. The third-order valence-corrected chi connectivity index (χ3v) is 6.59. The number of nitrogens with zero attached hydrogens (tertiary/aromatic N) is 3. The molecule has 2 aromatic heterocycles. The average Bonchev–Trinajstić information content (AvgIpc) is 3.29. The first-order valence-corrected chi connectivity index (χ1v) is 11.1. The molecule has 0 radical (unpaired) electrons. The van der Waals surface area contributed by atoms with Crippen LogP contribution in [0.3, 0.4) is 0 Å². The van der Waals surface area contributed by atoms with Gasteiger partial charge in [-0.05, 0) is 43.0 Å². The molecule has 0 atom stereocenters. The van der Waals surface area contributed by atoms with Crippen molar-refractivity contribution in [1.29, 1.82) is 0 Å². The van der Waals surface area contributed by atoms with E-state index >= 15 is 0 Å². The number of thiophene rings is 1. The highest BCUT2D eigenvalue weighted by molar-refractivity contribution is 7.99. The van der Waals surface area contributed by atoms with E-state index < -0.39 is 0 Å². The molecule has 0 aliphatic heterocycles. The third-order valence-electron chi connectivity index (χ3n) is 4.75. The van der Waals surface area contributed by atoms with Gasteiger partial charge >= 0.3 is 0 Å². The van der Waals surface area contributed by atoms with Crippen molar-refractivity contribution < 1.29 is 9.59 Å². The molecule has 1 fully saturated rings. The first kappa shape index (κ1) is 19.9. The van der Waals surface area contributed by atoms with Gasteiger partial charge in [-0.1, -0.05) is 24.8 Å². The summed E-state index contributed by atoms with van der Waals surface area (Å²) in [6.45, 7) is 2.66. The Bertz CT molecular complexity index is 767. The zero-order valence-corrected chi connectivity index (χ0v) is 17.0. The number of primary amides is 1. The molecule has 2 amide bonds. The number of amides is 2. The highest BCUT2D eigenvalue weighted by Gasteiger charge is 2.21. The Labute approximate surface area is 167 Å². The lowest BCUT2D eigenvalue weighted by molar-refractivity contribution is -0.120. The molecule has 9 heteroatoms. The van der Waals surface area contributed by atoms with Crippen LogP contribution in [-0.2, 0) is 16.1 Å². The molecule has 0 bridgehead atoms. The summed E-state index contributed by atoms with van der Waals surface area (Å²) in [5.41, 5.74) is 5.30. The van der Waals surface area contributed by atoms with E-state index in [2.05, 4.69) is 22.4 Å². The predicted molar refractivity (Wildman–Crippen MR) is 107 cm³/mol. The minimum absolute atomic E-state index is 0.0154. The summed E-state index contributed by atoms with van der Waals surface area (Å²) < 4.78 is 1.87. The molecule has 1 saturated carbocycles. The summed E-state index contributed by atoms with van der Waals surface area (Å²) in [7, 11) is 0. The molecule has 7 nitrogen and oxygen atoms in total. The van der Waals surface area contributed by atoms with Crippen molar-refractivity contribution >= 4 is 34.9 Å². The van der Waals surface area contributed by atoms with Crippen LogP contribution in [0.25, 0.3) is 10.7 Å². The van der Waals surface area contributed by atoms with E-state index in [0.717, 1.165) is 23.6 Å². The Hall–Kier alpha value is -1.87. The summed E-state index contributed by atoms with van der Waals surface area (Å²) in [4.78, 5) is 24.5. The van der Waals surface area contributed by atoms with Gasteiger partial charge in [0.05, 0.1) is 10.6 Å². The van der Waals surface area contributed by atoms with E-state index in [0.29, 0.717) is 17.5 Å². The van der Waals surface area contributed by atoms with Crippen LogP contribution in [0, 0.1) is 5.92 Å². The van der Waals surface area contributed by atoms with Gasteiger partial charge in [-0.3, -0.25) is 9.59 Å². The van der Waals surface area contributed by atoms with Crippen molar-refractivity contribution in [3.05, 3.63) is 17.5 Å². The predicted octanol–water partition coefficient (Wildman–Crippen LogP) is 2.67. The zero-order valence-electron chi connectivity index (χ0n) is 15.4. The third kappa shape index (κ3) is 5.55. The van der Waals surface area contributed by atoms with E-state index in [1.807, 2.05) is 22.1 Å². The number of nitrogens with one attached hydrogen (secondary N) is 1. The molecule has 27 heavy (non-hydrogen) atoms. The van der Waals surface area contributed by atoms with Crippen molar-refractivity contribution in [1.82, 2.24) is 20.1 Å². The van der Waals surface area contributed by atoms with Gasteiger partial charge in [0.1, 0.15) is 0 Å². The van der Waals surface area contributed by atoms with Crippen molar-refractivity contribution in [3.8, 4) is 10.7 Å². The highest BCUT2D eigenvalue weighted by Crippen LogP contribution is 2.28. The Morgan fingerprint density at radius 2 is 2.11 bits per heavy atom. The lowest BCUT2D eigenvalue weighted by Crippen LogP contribution is -2.38. The number of rotatable bonds is 8. The smallest absolute Gasteiger partial charge is 0.230 e. The van der Waals surface area contributed by atoms with Crippen LogP contribution < -0.4 is 11.1 Å². The van der Waals surface area contributed by atoms with E-state index in [1.54, 1.807) is 11.3 Å². The molecule has 1 aliphatic carbocycles. The topological polar surface area (TPSA) is 103 Å². The number of hydrogen-bond acceptors (Lipinski definition) is 6. The van der Waals surface area contributed by atoms with E-state index in [4.69, 9.17) is 5.73 Å². The highest BCUT2D eigenvalue weighted by atomic mass is 32.2. The number of nitrogens with two attached hydrogens (primary N) is 1. The van der Waals surface area contributed by atoms with Crippen LogP contribution in [0.2, 0.25) is 0 Å². The Balaban J connectivity index is 1.61. The van der Waals surface area contributed by atoms with E-state index in [1.165, 1.54) is 24.6 Å². The molecule has 3 N–H and O–H groups in total. The molecule has 0 spiro atoms. The van der Waals surface area contributed by atoms with Crippen LogP contribution >= 0.6 is 23.1 Å². The van der Waals surface area contributed by atoms with Gasteiger partial charge in [-0.2, -0.15) is 0 Å². The molecule has 146 valence electrons. The van der Waals surface area contributed by atoms with Crippen LogP contribution in [0.1, 0.15) is 39.0 Å².